The third-order valence-corrected chi connectivity index (χ3v) is 6.74. The number of aromatic nitrogens is 6. The number of nitrogens with one attached hydrogen (secondary N) is 2. The summed E-state index contributed by atoms with van der Waals surface area (Å²) in [5, 5.41) is 12.3. The fourth-order valence-corrected chi connectivity index (χ4v) is 4.81. The van der Waals surface area contributed by atoms with Gasteiger partial charge in [-0.05, 0) is 54.7 Å². The highest BCUT2D eigenvalue weighted by Gasteiger charge is 2.29. The van der Waals surface area contributed by atoms with Crippen molar-refractivity contribution in [1.29, 1.82) is 0 Å². The number of hydrogen-bond acceptors (Lipinski definition) is 8. The van der Waals surface area contributed by atoms with E-state index in [4.69, 9.17) is 9.97 Å². The first kappa shape index (κ1) is 20.3. The summed E-state index contributed by atoms with van der Waals surface area (Å²) in [6.45, 7) is 3.77. The average Bonchev–Trinajstić information content (AvgIpc) is 3.65. The molecule has 9 nitrogen and oxygen atoms in total. The van der Waals surface area contributed by atoms with Crippen LogP contribution in [0.1, 0.15) is 24.3 Å². The summed E-state index contributed by atoms with van der Waals surface area (Å²) >= 11 is 0. The van der Waals surface area contributed by atoms with Crippen molar-refractivity contribution in [1.82, 2.24) is 34.9 Å². The van der Waals surface area contributed by atoms with Crippen molar-refractivity contribution in [3.8, 4) is 11.4 Å². The SMILES string of the molecule is c1cc(-c2nc(N3CCNCC3)c3c(C4CC4)cncc3n2)cc(Nc2ccn3nccc3c2)n1. The van der Waals surface area contributed by atoms with Gasteiger partial charge in [-0.25, -0.2) is 19.5 Å². The van der Waals surface area contributed by atoms with Crippen molar-refractivity contribution in [2.45, 2.75) is 18.8 Å². The van der Waals surface area contributed by atoms with Crippen LogP contribution in [0, 0.1) is 0 Å². The Morgan fingerprint density at radius 1 is 0.971 bits per heavy atom. The maximum atomic E-state index is 5.14. The minimum Gasteiger partial charge on any atom is -0.353 e. The second kappa shape index (κ2) is 8.28. The maximum absolute atomic E-state index is 5.14. The molecule has 35 heavy (non-hydrogen) atoms. The van der Waals surface area contributed by atoms with Crippen LogP contribution in [0.3, 0.4) is 0 Å². The molecule has 1 aliphatic carbocycles. The highest BCUT2D eigenvalue weighted by molar-refractivity contribution is 5.94. The van der Waals surface area contributed by atoms with Crippen LogP contribution in [0.4, 0.5) is 17.3 Å². The standard InChI is InChI=1S/C26H25N9/c1-2-17(1)21-15-28-16-22-24(21)26(34-11-8-27-9-12-34)33-25(32-22)18-3-6-29-23(13-18)31-19-5-10-35-20(14-19)4-7-30-35/h3-7,10,13-17,27H,1-2,8-9,11-12H2,(H,29,31). The third kappa shape index (κ3) is 3.83. The molecule has 0 amide bonds. The van der Waals surface area contributed by atoms with Crippen LogP contribution in [0.2, 0.25) is 0 Å². The van der Waals surface area contributed by atoms with Gasteiger partial charge in [-0.3, -0.25) is 4.98 Å². The van der Waals surface area contributed by atoms with Gasteiger partial charge >= 0.3 is 0 Å². The molecule has 2 aliphatic rings. The number of pyridine rings is 3. The first-order valence-electron chi connectivity index (χ1n) is 12.1. The maximum Gasteiger partial charge on any atom is 0.162 e. The van der Waals surface area contributed by atoms with E-state index in [0.29, 0.717) is 11.7 Å². The summed E-state index contributed by atoms with van der Waals surface area (Å²) in [4.78, 5) is 21.6. The van der Waals surface area contributed by atoms with Gasteiger partial charge in [-0.15, -0.1) is 0 Å². The van der Waals surface area contributed by atoms with Crippen LogP contribution in [-0.4, -0.2) is 55.7 Å². The van der Waals surface area contributed by atoms with Crippen LogP contribution in [0.15, 0.2) is 61.3 Å². The molecule has 174 valence electrons. The molecule has 1 saturated heterocycles. The van der Waals surface area contributed by atoms with Crippen molar-refractivity contribution in [3.05, 3.63) is 66.9 Å². The average molecular weight is 464 g/mol. The molecule has 2 N–H and O–H groups in total. The molecule has 0 atom stereocenters. The lowest BCUT2D eigenvalue weighted by atomic mass is 10.1. The zero-order chi connectivity index (χ0) is 23.2. The van der Waals surface area contributed by atoms with E-state index in [9.17, 15) is 0 Å². The summed E-state index contributed by atoms with van der Waals surface area (Å²) < 4.78 is 1.83. The lowest BCUT2D eigenvalue weighted by molar-refractivity contribution is 0.586. The van der Waals surface area contributed by atoms with E-state index in [1.807, 2.05) is 53.4 Å². The van der Waals surface area contributed by atoms with Crippen LogP contribution in [0.5, 0.6) is 0 Å². The Morgan fingerprint density at radius 3 is 2.77 bits per heavy atom. The third-order valence-electron chi connectivity index (χ3n) is 6.74. The van der Waals surface area contributed by atoms with Gasteiger partial charge < -0.3 is 15.5 Å². The van der Waals surface area contributed by atoms with Gasteiger partial charge in [-0.2, -0.15) is 5.10 Å². The quantitative estimate of drug-likeness (QED) is 0.407. The van der Waals surface area contributed by atoms with Crippen molar-refractivity contribution >= 4 is 33.7 Å². The number of piperazine rings is 1. The Bertz CT molecular complexity index is 1530. The highest BCUT2D eigenvalue weighted by atomic mass is 15.2. The van der Waals surface area contributed by atoms with Crippen molar-refractivity contribution < 1.29 is 0 Å². The lowest BCUT2D eigenvalue weighted by Crippen LogP contribution is -2.44. The van der Waals surface area contributed by atoms with Crippen molar-refractivity contribution in [3.63, 3.8) is 0 Å². The summed E-state index contributed by atoms with van der Waals surface area (Å²) in [6, 6.07) is 9.96. The number of rotatable bonds is 5. The fourth-order valence-electron chi connectivity index (χ4n) is 4.81. The Hall–Kier alpha value is -4.11. The number of fused-ring (bicyclic) bond motifs is 2. The smallest absolute Gasteiger partial charge is 0.162 e. The molecule has 0 bridgehead atoms. The molecule has 0 radical (unpaired) electrons. The van der Waals surface area contributed by atoms with Gasteiger partial charge in [0.05, 0.1) is 17.2 Å². The molecular formula is C26H25N9. The Kier molecular flexibility index (Phi) is 4.80. The lowest BCUT2D eigenvalue weighted by Gasteiger charge is -2.30. The van der Waals surface area contributed by atoms with E-state index >= 15 is 0 Å². The van der Waals surface area contributed by atoms with Gasteiger partial charge in [0.2, 0.25) is 0 Å². The van der Waals surface area contributed by atoms with Crippen LogP contribution < -0.4 is 15.5 Å². The fraction of sp³-hybridized carbons (Fsp3) is 0.269. The minimum atomic E-state index is 0.576. The molecule has 0 unspecified atom stereocenters. The topological polar surface area (TPSA) is 96.2 Å². The predicted octanol–water partition coefficient (Wildman–Crippen LogP) is 3.77. The molecule has 6 heterocycles. The van der Waals surface area contributed by atoms with Gasteiger partial charge in [0, 0.05) is 67.6 Å². The molecule has 0 aromatic carbocycles. The van der Waals surface area contributed by atoms with Crippen LogP contribution in [-0.2, 0) is 0 Å². The largest absolute Gasteiger partial charge is 0.353 e. The van der Waals surface area contributed by atoms with Crippen LogP contribution in [0.25, 0.3) is 27.8 Å². The predicted molar refractivity (Wildman–Crippen MR) is 136 cm³/mol. The number of hydrogen-bond donors (Lipinski definition) is 2. The van der Waals surface area contributed by atoms with E-state index in [1.54, 1.807) is 12.4 Å². The van der Waals surface area contributed by atoms with E-state index in [0.717, 1.165) is 65.5 Å². The molecule has 1 aliphatic heterocycles. The molecule has 9 heteroatoms. The Labute approximate surface area is 202 Å². The Balaban J connectivity index is 1.30. The van der Waals surface area contributed by atoms with Crippen molar-refractivity contribution in [2.75, 3.05) is 36.4 Å². The van der Waals surface area contributed by atoms with E-state index in [2.05, 4.69) is 30.6 Å². The summed E-state index contributed by atoms with van der Waals surface area (Å²) in [6.07, 6.45) is 11.8. The number of anilines is 3. The molecule has 0 spiro atoms. The Morgan fingerprint density at radius 2 is 1.89 bits per heavy atom. The molecule has 2 fully saturated rings. The molecule has 5 aromatic rings. The van der Waals surface area contributed by atoms with Gasteiger partial charge in [0.25, 0.3) is 0 Å². The molecule has 7 rings (SSSR count). The zero-order valence-electron chi connectivity index (χ0n) is 19.2. The van der Waals surface area contributed by atoms with Gasteiger partial charge in [0.15, 0.2) is 5.82 Å². The van der Waals surface area contributed by atoms with Crippen LogP contribution >= 0.6 is 0 Å². The van der Waals surface area contributed by atoms with E-state index in [-0.39, 0.29) is 0 Å². The first-order chi connectivity index (χ1) is 17.3. The minimum absolute atomic E-state index is 0.576. The first-order valence-corrected chi connectivity index (χ1v) is 12.1. The normalized spacial score (nSPS) is 16.2. The summed E-state index contributed by atoms with van der Waals surface area (Å²) in [7, 11) is 0. The summed E-state index contributed by atoms with van der Waals surface area (Å²) in [5.41, 5.74) is 5.08. The molecule has 5 aromatic heterocycles. The molecular weight excluding hydrogens is 438 g/mol. The van der Waals surface area contributed by atoms with E-state index < -0.39 is 0 Å². The monoisotopic (exact) mass is 463 g/mol. The van der Waals surface area contributed by atoms with Crippen molar-refractivity contribution in [2.24, 2.45) is 0 Å². The second-order valence-corrected chi connectivity index (χ2v) is 9.18. The number of nitrogens with zero attached hydrogens (tertiary/aromatic N) is 7. The van der Waals surface area contributed by atoms with Gasteiger partial charge in [0.1, 0.15) is 11.6 Å². The highest BCUT2D eigenvalue weighted by Crippen LogP contribution is 2.44. The van der Waals surface area contributed by atoms with Gasteiger partial charge in [-0.1, -0.05) is 0 Å². The second-order valence-electron chi connectivity index (χ2n) is 9.18. The summed E-state index contributed by atoms with van der Waals surface area (Å²) in [5.74, 6) is 3.03. The van der Waals surface area contributed by atoms with E-state index in [1.165, 1.54) is 18.4 Å². The zero-order valence-corrected chi connectivity index (χ0v) is 19.2. The molecule has 1 saturated carbocycles.